The second-order valence-electron chi connectivity index (χ2n) is 2.89. The van der Waals surface area contributed by atoms with Crippen molar-refractivity contribution in [3.05, 3.63) is 35.4 Å². The summed E-state index contributed by atoms with van der Waals surface area (Å²) in [7, 11) is 1.00. The van der Waals surface area contributed by atoms with Crippen LogP contribution in [0.4, 0.5) is 8.78 Å². The Morgan fingerprint density at radius 3 is 2.44 bits per heavy atom. The number of rotatable bonds is 2. The quantitative estimate of drug-likeness (QED) is 0.795. The van der Waals surface area contributed by atoms with Crippen molar-refractivity contribution in [3.63, 3.8) is 0 Å². The van der Waals surface area contributed by atoms with Crippen molar-refractivity contribution >= 4 is 5.97 Å². The molecule has 0 spiro atoms. The number of halogens is 2. The molecule has 1 N–H and O–H groups in total. The van der Waals surface area contributed by atoms with E-state index in [1.807, 2.05) is 0 Å². The summed E-state index contributed by atoms with van der Waals surface area (Å²) in [6.45, 7) is 2.70. The Bertz CT molecular complexity index is 353. The molecule has 0 saturated heterocycles. The van der Waals surface area contributed by atoms with Crippen molar-refractivity contribution in [2.24, 2.45) is 0 Å². The number of aliphatic hydroxyl groups excluding tert-OH is 1. The highest BCUT2D eigenvalue weighted by Crippen LogP contribution is 2.21. The van der Waals surface area contributed by atoms with Gasteiger partial charge in [0.15, 0.2) is 11.6 Å². The van der Waals surface area contributed by atoms with Gasteiger partial charge in [-0.15, -0.1) is 0 Å². The van der Waals surface area contributed by atoms with Crippen LogP contribution in [0, 0.1) is 11.6 Å². The molecule has 1 rings (SSSR count). The molecule has 0 aliphatic rings. The van der Waals surface area contributed by atoms with Crippen LogP contribution in [0.2, 0.25) is 0 Å². The fourth-order valence-electron chi connectivity index (χ4n) is 1.15. The molecule has 0 saturated carbocycles. The number of hydrogen-bond acceptors (Lipinski definition) is 3. The van der Waals surface area contributed by atoms with Gasteiger partial charge in [0.2, 0.25) is 0 Å². The zero-order valence-corrected chi connectivity index (χ0v) is 9.33. The molecule has 0 amide bonds. The number of esters is 1. The lowest BCUT2D eigenvalue weighted by Gasteiger charge is -2.12. The molecule has 0 bridgehead atoms. The van der Waals surface area contributed by atoms with Gasteiger partial charge < -0.3 is 9.84 Å². The van der Waals surface area contributed by atoms with Crippen molar-refractivity contribution in [1.29, 1.82) is 0 Å². The Hall–Kier alpha value is -1.49. The van der Waals surface area contributed by atoms with Gasteiger partial charge >= 0.3 is 5.97 Å². The maximum atomic E-state index is 13.1. The van der Waals surface area contributed by atoms with Crippen molar-refractivity contribution in [2.75, 3.05) is 7.11 Å². The molecule has 0 radical (unpaired) electrons. The van der Waals surface area contributed by atoms with E-state index < -0.39 is 23.7 Å². The van der Waals surface area contributed by atoms with Gasteiger partial charge in [-0.3, -0.25) is 4.79 Å². The molecule has 3 nitrogen and oxygen atoms in total. The zero-order valence-electron chi connectivity index (χ0n) is 9.33. The number of aliphatic hydroxyl groups is 1. The van der Waals surface area contributed by atoms with Gasteiger partial charge in [0.25, 0.3) is 0 Å². The average molecular weight is 232 g/mol. The lowest BCUT2D eigenvalue weighted by molar-refractivity contribution is -0.145. The summed E-state index contributed by atoms with van der Waals surface area (Å²) in [4.78, 5) is 10.6. The molecule has 1 aromatic rings. The van der Waals surface area contributed by atoms with Gasteiger partial charge in [-0.1, -0.05) is 12.1 Å². The largest absolute Gasteiger partial charge is 0.458 e. The van der Waals surface area contributed by atoms with Crippen molar-refractivity contribution in [2.45, 2.75) is 20.0 Å². The van der Waals surface area contributed by atoms with E-state index in [1.165, 1.54) is 26.0 Å². The first-order valence-electron chi connectivity index (χ1n) is 4.58. The van der Waals surface area contributed by atoms with Crippen LogP contribution in [-0.2, 0) is 9.53 Å². The Labute approximate surface area is 92.7 Å². The first-order chi connectivity index (χ1) is 7.52. The summed E-state index contributed by atoms with van der Waals surface area (Å²) < 4.78 is 30.6. The first kappa shape index (κ1) is 14.5. The SMILES string of the molecule is CC(=O)OC(C)c1cccc(F)c1F.CO. The van der Waals surface area contributed by atoms with E-state index in [2.05, 4.69) is 0 Å². The predicted molar refractivity (Wildman–Crippen MR) is 54.7 cm³/mol. The lowest BCUT2D eigenvalue weighted by Crippen LogP contribution is -2.07. The fraction of sp³-hybridized carbons (Fsp3) is 0.364. The maximum absolute atomic E-state index is 13.1. The van der Waals surface area contributed by atoms with Gasteiger partial charge in [0.1, 0.15) is 6.10 Å². The van der Waals surface area contributed by atoms with E-state index in [1.54, 1.807) is 0 Å². The minimum absolute atomic E-state index is 0.0419. The second kappa shape index (κ2) is 6.90. The fourth-order valence-corrected chi connectivity index (χ4v) is 1.15. The Morgan fingerprint density at radius 2 is 1.94 bits per heavy atom. The smallest absolute Gasteiger partial charge is 0.303 e. The van der Waals surface area contributed by atoms with E-state index in [-0.39, 0.29) is 5.56 Å². The number of benzene rings is 1. The van der Waals surface area contributed by atoms with Gasteiger partial charge in [0.05, 0.1) is 0 Å². The Morgan fingerprint density at radius 1 is 1.38 bits per heavy atom. The van der Waals surface area contributed by atoms with Crippen LogP contribution in [-0.4, -0.2) is 18.2 Å². The number of hydrogen-bond donors (Lipinski definition) is 1. The summed E-state index contributed by atoms with van der Waals surface area (Å²) in [6, 6.07) is 3.76. The van der Waals surface area contributed by atoms with Gasteiger partial charge in [0, 0.05) is 19.6 Å². The Balaban J connectivity index is 0.00000106. The van der Waals surface area contributed by atoms with Gasteiger partial charge in [-0.25, -0.2) is 8.78 Å². The van der Waals surface area contributed by atoms with Crippen LogP contribution in [0.15, 0.2) is 18.2 Å². The second-order valence-corrected chi connectivity index (χ2v) is 2.89. The van der Waals surface area contributed by atoms with Crippen LogP contribution in [0.3, 0.4) is 0 Å². The third-order valence-electron chi connectivity index (χ3n) is 1.76. The van der Waals surface area contributed by atoms with E-state index in [9.17, 15) is 13.6 Å². The third-order valence-corrected chi connectivity index (χ3v) is 1.76. The molecule has 16 heavy (non-hydrogen) atoms. The highest BCUT2D eigenvalue weighted by atomic mass is 19.2. The maximum Gasteiger partial charge on any atom is 0.303 e. The third kappa shape index (κ3) is 3.94. The summed E-state index contributed by atoms with van der Waals surface area (Å²) in [5, 5.41) is 7.00. The summed E-state index contributed by atoms with van der Waals surface area (Å²) in [6.07, 6.45) is -0.775. The van der Waals surface area contributed by atoms with Crippen LogP contribution in [0.5, 0.6) is 0 Å². The van der Waals surface area contributed by atoms with Gasteiger partial charge in [-0.05, 0) is 13.0 Å². The average Bonchev–Trinajstić information content (AvgIpc) is 2.24. The molecule has 1 aromatic carbocycles. The molecule has 1 unspecified atom stereocenters. The molecular weight excluding hydrogens is 218 g/mol. The summed E-state index contributed by atoms with van der Waals surface area (Å²) in [5.41, 5.74) is 0.0419. The minimum atomic E-state index is -0.971. The highest BCUT2D eigenvalue weighted by molar-refractivity contribution is 5.66. The molecule has 90 valence electrons. The molecule has 0 aliphatic carbocycles. The molecule has 0 aromatic heterocycles. The van der Waals surface area contributed by atoms with E-state index >= 15 is 0 Å². The molecule has 0 heterocycles. The summed E-state index contributed by atoms with van der Waals surface area (Å²) >= 11 is 0. The molecular formula is C11H14F2O3. The molecule has 5 heteroatoms. The number of carbonyl (C=O) groups is 1. The van der Waals surface area contributed by atoms with Crippen molar-refractivity contribution < 1.29 is 23.4 Å². The monoisotopic (exact) mass is 232 g/mol. The Kier molecular flexibility index (Phi) is 6.25. The zero-order chi connectivity index (χ0) is 12.7. The molecule has 1 atom stereocenters. The van der Waals surface area contributed by atoms with Crippen molar-refractivity contribution in [3.8, 4) is 0 Å². The van der Waals surface area contributed by atoms with Crippen LogP contribution in [0.25, 0.3) is 0 Å². The van der Waals surface area contributed by atoms with Crippen LogP contribution < -0.4 is 0 Å². The topological polar surface area (TPSA) is 46.5 Å². The first-order valence-corrected chi connectivity index (χ1v) is 4.58. The van der Waals surface area contributed by atoms with Crippen LogP contribution in [0.1, 0.15) is 25.5 Å². The van der Waals surface area contributed by atoms with Gasteiger partial charge in [-0.2, -0.15) is 0 Å². The predicted octanol–water partition coefficient (Wildman–Crippen LogP) is 2.20. The highest BCUT2D eigenvalue weighted by Gasteiger charge is 2.15. The standard InChI is InChI=1S/C10H10F2O2.CH4O/c1-6(14-7(2)13)8-4-3-5-9(11)10(8)12;1-2/h3-6H,1-2H3;2H,1H3. The van der Waals surface area contributed by atoms with E-state index in [0.717, 1.165) is 13.2 Å². The number of carbonyl (C=O) groups excluding carboxylic acids is 1. The summed E-state index contributed by atoms with van der Waals surface area (Å²) in [5.74, 6) is -2.44. The number of ether oxygens (including phenoxy) is 1. The normalized spacial score (nSPS) is 11.1. The van der Waals surface area contributed by atoms with Crippen molar-refractivity contribution in [1.82, 2.24) is 0 Å². The van der Waals surface area contributed by atoms with E-state index in [4.69, 9.17) is 9.84 Å². The van der Waals surface area contributed by atoms with Crippen LogP contribution >= 0.6 is 0 Å². The molecule has 0 aliphatic heterocycles. The minimum Gasteiger partial charge on any atom is -0.458 e. The molecule has 0 fully saturated rings. The van der Waals surface area contributed by atoms with E-state index in [0.29, 0.717) is 0 Å². The lowest BCUT2D eigenvalue weighted by atomic mass is 10.1.